The average Bonchev–Trinajstić information content (AvgIpc) is 3.20. The third-order valence-electron chi connectivity index (χ3n) is 3.98. The highest BCUT2D eigenvalue weighted by molar-refractivity contribution is 5.99. The van der Waals surface area contributed by atoms with Crippen LogP contribution in [0.25, 0.3) is 22.2 Å². The Morgan fingerprint density at radius 2 is 1.92 bits per heavy atom. The Balaban J connectivity index is 1.59. The van der Waals surface area contributed by atoms with E-state index in [1.54, 1.807) is 36.8 Å². The number of carbonyl (C=O) groups excluding carboxylic acids is 1. The van der Waals surface area contributed by atoms with Crippen LogP contribution in [-0.4, -0.2) is 22.4 Å². The van der Waals surface area contributed by atoms with Crippen LogP contribution in [0.15, 0.2) is 76.3 Å². The Kier molecular flexibility index (Phi) is 4.07. The Morgan fingerprint density at radius 1 is 1.12 bits per heavy atom. The molecular weight excluding hydrogens is 332 g/mol. The van der Waals surface area contributed by atoms with Gasteiger partial charge in [-0.3, -0.25) is 4.79 Å². The molecule has 6 heteroatoms. The topological polar surface area (TPSA) is 85.2 Å². The second kappa shape index (κ2) is 6.68. The summed E-state index contributed by atoms with van der Waals surface area (Å²) in [6.07, 6.45) is 3.24. The number of nitrogens with one attached hydrogen (secondary N) is 1. The van der Waals surface area contributed by atoms with Crippen LogP contribution >= 0.6 is 0 Å². The van der Waals surface area contributed by atoms with E-state index in [2.05, 4.69) is 9.97 Å². The lowest BCUT2D eigenvalue weighted by atomic mass is 10.1. The molecule has 2 aromatic carbocycles. The summed E-state index contributed by atoms with van der Waals surface area (Å²) in [5.74, 6) is 0.0826. The number of aromatic amines is 1. The number of aromatic nitrogens is 2. The highest BCUT2D eigenvalue weighted by Crippen LogP contribution is 2.28. The molecule has 2 heterocycles. The largest absolute Gasteiger partial charge is 0.485 e. The van der Waals surface area contributed by atoms with Gasteiger partial charge in [0.1, 0.15) is 16.9 Å². The van der Waals surface area contributed by atoms with Crippen molar-refractivity contribution in [1.82, 2.24) is 9.97 Å². The molecule has 0 aliphatic rings. The van der Waals surface area contributed by atoms with Crippen molar-refractivity contribution in [1.29, 1.82) is 0 Å². The number of H-pyrrole nitrogens is 1. The maximum Gasteiger partial charge on any atom is 0.347 e. The number of nitrogens with zero attached hydrogens (tertiary/aromatic N) is 1. The standard InChI is InChI=1S/C20H14N2O4/c23-17(15-9-13-5-1-3-7-18(13)26-20(15)24)11-25-19-8-4-2-6-14(19)16-10-21-12-22-16/h1-10,12H,11H2,(H,21,22). The number of ether oxygens (including phenoxy) is 1. The molecule has 0 aliphatic carbocycles. The van der Waals surface area contributed by atoms with Crippen molar-refractivity contribution in [2.24, 2.45) is 0 Å². The third-order valence-corrected chi connectivity index (χ3v) is 3.98. The number of benzene rings is 2. The van der Waals surface area contributed by atoms with Crippen LogP contribution in [0.5, 0.6) is 5.75 Å². The van der Waals surface area contributed by atoms with Gasteiger partial charge in [-0.15, -0.1) is 0 Å². The lowest BCUT2D eigenvalue weighted by molar-refractivity contribution is 0.0918. The van der Waals surface area contributed by atoms with Crippen molar-refractivity contribution in [3.63, 3.8) is 0 Å². The maximum atomic E-state index is 12.5. The average molecular weight is 346 g/mol. The summed E-state index contributed by atoms with van der Waals surface area (Å²) in [5, 5.41) is 0.688. The zero-order valence-electron chi connectivity index (χ0n) is 13.6. The zero-order valence-corrected chi connectivity index (χ0v) is 13.6. The first kappa shape index (κ1) is 15.8. The number of ketones is 1. The van der Waals surface area contributed by atoms with Crippen LogP contribution in [0.1, 0.15) is 10.4 Å². The minimum atomic E-state index is -0.667. The normalized spacial score (nSPS) is 10.8. The number of imidazole rings is 1. The van der Waals surface area contributed by atoms with Gasteiger partial charge in [-0.05, 0) is 24.3 Å². The van der Waals surface area contributed by atoms with Gasteiger partial charge in [0, 0.05) is 10.9 Å². The van der Waals surface area contributed by atoms with Crippen LogP contribution in [-0.2, 0) is 0 Å². The summed E-state index contributed by atoms with van der Waals surface area (Å²) < 4.78 is 10.9. The van der Waals surface area contributed by atoms with E-state index in [0.29, 0.717) is 16.7 Å². The van der Waals surface area contributed by atoms with Crippen molar-refractivity contribution in [2.45, 2.75) is 0 Å². The fourth-order valence-corrected chi connectivity index (χ4v) is 2.70. The molecule has 0 saturated carbocycles. The van der Waals surface area contributed by atoms with E-state index < -0.39 is 11.4 Å². The van der Waals surface area contributed by atoms with Crippen molar-refractivity contribution in [2.75, 3.05) is 6.61 Å². The number of hydrogen-bond acceptors (Lipinski definition) is 5. The van der Waals surface area contributed by atoms with E-state index in [1.807, 2.05) is 24.3 Å². The van der Waals surface area contributed by atoms with Crippen molar-refractivity contribution in [3.8, 4) is 17.0 Å². The number of para-hydroxylation sites is 2. The van der Waals surface area contributed by atoms with Crippen molar-refractivity contribution in [3.05, 3.63) is 83.1 Å². The van der Waals surface area contributed by atoms with Gasteiger partial charge in [0.25, 0.3) is 0 Å². The number of Topliss-reactive ketones (excluding diaryl/α,β-unsaturated/α-hetero) is 1. The molecule has 0 aliphatic heterocycles. The molecule has 0 radical (unpaired) electrons. The van der Waals surface area contributed by atoms with Gasteiger partial charge in [-0.25, -0.2) is 9.78 Å². The molecule has 0 spiro atoms. The van der Waals surface area contributed by atoms with E-state index in [9.17, 15) is 9.59 Å². The minimum Gasteiger partial charge on any atom is -0.485 e. The number of fused-ring (bicyclic) bond motifs is 1. The molecule has 26 heavy (non-hydrogen) atoms. The molecule has 0 saturated heterocycles. The van der Waals surface area contributed by atoms with Gasteiger partial charge in [0.15, 0.2) is 6.61 Å². The summed E-state index contributed by atoms with van der Waals surface area (Å²) >= 11 is 0. The smallest absolute Gasteiger partial charge is 0.347 e. The molecule has 0 unspecified atom stereocenters. The third kappa shape index (κ3) is 3.00. The highest BCUT2D eigenvalue weighted by Gasteiger charge is 2.15. The predicted octanol–water partition coefficient (Wildman–Crippen LogP) is 3.44. The monoisotopic (exact) mass is 346 g/mol. The zero-order chi connectivity index (χ0) is 17.9. The Hall–Kier alpha value is -3.67. The van der Waals surface area contributed by atoms with Gasteiger partial charge in [0.2, 0.25) is 5.78 Å². The molecule has 128 valence electrons. The maximum absolute atomic E-state index is 12.5. The number of rotatable bonds is 5. The molecule has 1 N–H and O–H groups in total. The van der Waals surface area contributed by atoms with Crippen LogP contribution in [0.2, 0.25) is 0 Å². The molecule has 4 aromatic rings. The lowest BCUT2D eigenvalue weighted by Crippen LogP contribution is -2.20. The lowest BCUT2D eigenvalue weighted by Gasteiger charge is -2.09. The first-order chi connectivity index (χ1) is 12.7. The van der Waals surface area contributed by atoms with E-state index in [0.717, 1.165) is 11.3 Å². The molecule has 6 nitrogen and oxygen atoms in total. The van der Waals surface area contributed by atoms with Crippen molar-refractivity contribution >= 4 is 16.8 Å². The van der Waals surface area contributed by atoms with E-state index in [1.165, 1.54) is 6.07 Å². The van der Waals surface area contributed by atoms with E-state index in [4.69, 9.17) is 9.15 Å². The molecule has 4 rings (SSSR count). The molecule has 2 aromatic heterocycles. The molecule has 0 fully saturated rings. The Bertz CT molecular complexity index is 1130. The summed E-state index contributed by atoms with van der Waals surface area (Å²) in [6, 6.07) is 15.9. The summed E-state index contributed by atoms with van der Waals surface area (Å²) in [7, 11) is 0. The van der Waals surface area contributed by atoms with Gasteiger partial charge in [0.05, 0.1) is 18.2 Å². The van der Waals surface area contributed by atoms with E-state index in [-0.39, 0.29) is 12.2 Å². The fourth-order valence-electron chi connectivity index (χ4n) is 2.70. The summed E-state index contributed by atoms with van der Waals surface area (Å²) in [5.41, 5.74) is 1.31. The molecule has 0 amide bonds. The van der Waals surface area contributed by atoms with Gasteiger partial charge in [-0.2, -0.15) is 0 Å². The van der Waals surface area contributed by atoms with Crippen molar-refractivity contribution < 1.29 is 13.9 Å². The van der Waals surface area contributed by atoms with Crippen LogP contribution in [0.4, 0.5) is 0 Å². The number of carbonyl (C=O) groups is 1. The van der Waals surface area contributed by atoms with E-state index >= 15 is 0 Å². The van der Waals surface area contributed by atoms with Crippen LogP contribution in [0.3, 0.4) is 0 Å². The summed E-state index contributed by atoms with van der Waals surface area (Å²) in [4.78, 5) is 31.6. The highest BCUT2D eigenvalue weighted by atomic mass is 16.5. The predicted molar refractivity (Wildman–Crippen MR) is 96.3 cm³/mol. The second-order valence-electron chi connectivity index (χ2n) is 5.66. The number of hydrogen-bond donors (Lipinski definition) is 1. The fraction of sp³-hybridized carbons (Fsp3) is 0.0500. The minimum absolute atomic E-state index is 0.0253. The second-order valence-corrected chi connectivity index (χ2v) is 5.66. The quantitative estimate of drug-likeness (QED) is 0.442. The Morgan fingerprint density at radius 3 is 2.77 bits per heavy atom. The van der Waals surface area contributed by atoms with Gasteiger partial charge < -0.3 is 14.1 Å². The van der Waals surface area contributed by atoms with Gasteiger partial charge in [-0.1, -0.05) is 30.3 Å². The molecular formula is C20H14N2O4. The molecule has 0 atom stereocenters. The molecule has 0 bridgehead atoms. The Labute approximate surface area is 148 Å². The first-order valence-electron chi connectivity index (χ1n) is 7.99. The summed E-state index contributed by atoms with van der Waals surface area (Å²) in [6.45, 7) is -0.270. The first-order valence-corrected chi connectivity index (χ1v) is 7.99. The van der Waals surface area contributed by atoms with Crippen LogP contribution in [0, 0.1) is 0 Å². The SMILES string of the molecule is O=C(COc1ccccc1-c1cnc[nH]1)c1cc2ccccc2oc1=O. The van der Waals surface area contributed by atoms with Gasteiger partial charge >= 0.3 is 5.63 Å². The van der Waals surface area contributed by atoms with Crippen LogP contribution < -0.4 is 10.4 Å².